The molecule has 4 rings (SSSR count). The number of nitrogens with zero attached hydrogens (tertiary/aromatic N) is 4. The van der Waals surface area contributed by atoms with Gasteiger partial charge in [0, 0.05) is 53.3 Å². The molecule has 5 nitrogen and oxygen atoms in total. The fourth-order valence-electron chi connectivity index (χ4n) is 3.20. The van der Waals surface area contributed by atoms with Gasteiger partial charge in [0.05, 0.1) is 10.5 Å². The first kappa shape index (κ1) is 16.5. The molecule has 0 unspecified atom stereocenters. The highest BCUT2D eigenvalue weighted by Gasteiger charge is 2.21. The summed E-state index contributed by atoms with van der Waals surface area (Å²) in [6.07, 6.45) is 7.44. The zero-order valence-electron chi connectivity index (χ0n) is 13.5. The summed E-state index contributed by atoms with van der Waals surface area (Å²) in [6.45, 7) is 1.88. The molecule has 0 atom stereocenters. The van der Waals surface area contributed by atoms with Crippen LogP contribution in [-0.4, -0.2) is 34.1 Å². The Bertz CT molecular complexity index is 881. The first-order valence-electron chi connectivity index (χ1n) is 8.23. The average Bonchev–Trinajstić information content (AvgIpc) is 2.64. The SMILES string of the molecule is Clc1cc(Br)cc2c(NC3CCN(c4ncccn4)CC3)ccnc12. The third-order valence-corrected chi connectivity index (χ3v) is 5.20. The summed E-state index contributed by atoms with van der Waals surface area (Å²) in [4.78, 5) is 15.3. The number of benzene rings is 1. The van der Waals surface area contributed by atoms with E-state index in [4.69, 9.17) is 11.6 Å². The monoisotopic (exact) mass is 417 g/mol. The molecule has 0 bridgehead atoms. The van der Waals surface area contributed by atoms with Crippen LogP contribution in [0.5, 0.6) is 0 Å². The maximum absolute atomic E-state index is 6.32. The Hall–Kier alpha value is -1.92. The molecule has 1 saturated heterocycles. The minimum absolute atomic E-state index is 0.406. The number of pyridine rings is 1. The number of piperidine rings is 1. The first-order valence-corrected chi connectivity index (χ1v) is 9.40. The molecular formula is C18H17BrClN5. The zero-order valence-corrected chi connectivity index (χ0v) is 15.8. The molecule has 2 aromatic heterocycles. The third kappa shape index (κ3) is 3.55. The van der Waals surface area contributed by atoms with Gasteiger partial charge in [-0.15, -0.1) is 0 Å². The van der Waals surface area contributed by atoms with E-state index < -0.39 is 0 Å². The fraction of sp³-hybridized carbons (Fsp3) is 0.278. The largest absolute Gasteiger partial charge is 0.382 e. The Morgan fingerprint density at radius 1 is 1.08 bits per heavy atom. The van der Waals surface area contributed by atoms with Crippen molar-refractivity contribution in [3.05, 3.63) is 52.4 Å². The van der Waals surface area contributed by atoms with Gasteiger partial charge in [0.1, 0.15) is 0 Å². The molecule has 0 radical (unpaired) electrons. The summed E-state index contributed by atoms with van der Waals surface area (Å²) in [6, 6.07) is 8.19. The van der Waals surface area contributed by atoms with E-state index in [1.165, 1.54) is 0 Å². The minimum Gasteiger partial charge on any atom is -0.382 e. The second-order valence-electron chi connectivity index (χ2n) is 6.10. The number of nitrogens with one attached hydrogen (secondary N) is 1. The second-order valence-corrected chi connectivity index (χ2v) is 7.42. The van der Waals surface area contributed by atoms with Crippen LogP contribution in [0.4, 0.5) is 11.6 Å². The van der Waals surface area contributed by atoms with Crippen LogP contribution in [0.3, 0.4) is 0 Å². The molecule has 1 aromatic carbocycles. The summed E-state index contributed by atoms with van der Waals surface area (Å²) in [5.74, 6) is 0.811. The van der Waals surface area contributed by atoms with Gasteiger partial charge in [0.25, 0.3) is 0 Å². The van der Waals surface area contributed by atoms with Crippen LogP contribution >= 0.6 is 27.5 Å². The van der Waals surface area contributed by atoms with Crippen molar-refractivity contribution in [2.24, 2.45) is 0 Å². The summed E-state index contributed by atoms with van der Waals surface area (Å²) < 4.78 is 0.956. The molecule has 1 fully saturated rings. The van der Waals surface area contributed by atoms with Crippen molar-refractivity contribution in [3.8, 4) is 0 Å². The zero-order chi connectivity index (χ0) is 17.2. The van der Waals surface area contributed by atoms with Crippen molar-refractivity contribution in [3.63, 3.8) is 0 Å². The highest BCUT2D eigenvalue weighted by atomic mass is 79.9. The average molecular weight is 419 g/mol. The number of fused-ring (bicyclic) bond motifs is 1. The Labute approximate surface area is 159 Å². The predicted molar refractivity (Wildman–Crippen MR) is 105 cm³/mol. The molecule has 128 valence electrons. The van der Waals surface area contributed by atoms with Crippen molar-refractivity contribution in [1.29, 1.82) is 0 Å². The van der Waals surface area contributed by atoms with E-state index in [2.05, 4.69) is 47.2 Å². The summed E-state index contributed by atoms with van der Waals surface area (Å²) in [5.41, 5.74) is 1.90. The van der Waals surface area contributed by atoms with Crippen molar-refractivity contribution in [1.82, 2.24) is 15.0 Å². The van der Waals surface area contributed by atoms with E-state index in [-0.39, 0.29) is 0 Å². The van der Waals surface area contributed by atoms with Crippen LogP contribution in [0, 0.1) is 0 Å². The molecule has 1 aliphatic rings. The lowest BCUT2D eigenvalue weighted by atomic mass is 10.0. The van der Waals surface area contributed by atoms with Gasteiger partial charge in [-0.1, -0.05) is 27.5 Å². The summed E-state index contributed by atoms with van der Waals surface area (Å²) >= 11 is 9.84. The van der Waals surface area contributed by atoms with E-state index in [0.717, 1.165) is 52.9 Å². The molecule has 25 heavy (non-hydrogen) atoms. The van der Waals surface area contributed by atoms with Crippen molar-refractivity contribution >= 4 is 50.1 Å². The third-order valence-electron chi connectivity index (χ3n) is 4.45. The van der Waals surface area contributed by atoms with Gasteiger partial charge in [0.15, 0.2) is 0 Å². The van der Waals surface area contributed by atoms with Crippen molar-refractivity contribution < 1.29 is 0 Å². The normalized spacial score (nSPS) is 15.5. The number of hydrogen-bond donors (Lipinski definition) is 1. The molecular weight excluding hydrogens is 402 g/mol. The smallest absolute Gasteiger partial charge is 0.225 e. The molecule has 1 N–H and O–H groups in total. The maximum atomic E-state index is 6.32. The lowest BCUT2D eigenvalue weighted by Gasteiger charge is -2.33. The van der Waals surface area contributed by atoms with E-state index in [9.17, 15) is 0 Å². The van der Waals surface area contributed by atoms with Crippen LogP contribution in [0.2, 0.25) is 5.02 Å². The number of rotatable bonds is 3. The molecule has 0 amide bonds. The second kappa shape index (κ2) is 7.14. The number of aromatic nitrogens is 3. The lowest BCUT2D eigenvalue weighted by molar-refractivity contribution is 0.520. The number of halogens is 2. The van der Waals surface area contributed by atoms with Crippen LogP contribution < -0.4 is 10.2 Å². The van der Waals surface area contributed by atoms with Crippen LogP contribution in [0.25, 0.3) is 10.9 Å². The van der Waals surface area contributed by atoms with Crippen molar-refractivity contribution in [2.45, 2.75) is 18.9 Å². The van der Waals surface area contributed by atoms with Gasteiger partial charge in [-0.05, 0) is 37.1 Å². The Morgan fingerprint density at radius 2 is 1.84 bits per heavy atom. The lowest BCUT2D eigenvalue weighted by Crippen LogP contribution is -2.39. The molecule has 0 saturated carbocycles. The van der Waals surface area contributed by atoms with E-state index in [1.54, 1.807) is 18.6 Å². The van der Waals surface area contributed by atoms with Crippen molar-refractivity contribution in [2.75, 3.05) is 23.3 Å². The van der Waals surface area contributed by atoms with Crippen LogP contribution in [0.15, 0.2) is 47.3 Å². The number of anilines is 2. The molecule has 1 aliphatic heterocycles. The van der Waals surface area contributed by atoms with Gasteiger partial charge in [0.2, 0.25) is 5.95 Å². The van der Waals surface area contributed by atoms with Crippen LogP contribution in [-0.2, 0) is 0 Å². The quantitative estimate of drug-likeness (QED) is 0.677. The predicted octanol–water partition coefficient (Wildman–Crippen LogP) is 4.52. The minimum atomic E-state index is 0.406. The molecule has 7 heteroatoms. The topological polar surface area (TPSA) is 53.9 Å². The molecule has 3 heterocycles. The van der Waals surface area contributed by atoms with E-state index in [0.29, 0.717) is 11.1 Å². The summed E-state index contributed by atoms with van der Waals surface area (Å²) in [5, 5.41) is 5.36. The molecule has 0 aliphatic carbocycles. The highest BCUT2D eigenvalue weighted by molar-refractivity contribution is 9.10. The summed E-state index contributed by atoms with van der Waals surface area (Å²) in [7, 11) is 0. The maximum Gasteiger partial charge on any atom is 0.225 e. The number of hydrogen-bond acceptors (Lipinski definition) is 5. The molecule has 3 aromatic rings. The van der Waals surface area contributed by atoms with Gasteiger partial charge >= 0.3 is 0 Å². The van der Waals surface area contributed by atoms with Gasteiger partial charge in [-0.3, -0.25) is 4.98 Å². The first-order chi connectivity index (χ1) is 12.2. The fourth-order valence-corrected chi connectivity index (χ4v) is 4.06. The van der Waals surface area contributed by atoms with Crippen LogP contribution in [0.1, 0.15) is 12.8 Å². The Balaban J connectivity index is 1.50. The molecule has 0 spiro atoms. The van der Waals surface area contributed by atoms with E-state index in [1.807, 2.05) is 18.2 Å². The highest BCUT2D eigenvalue weighted by Crippen LogP contribution is 2.32. The Kier molecular flexibility index (Phi) is 4.72. The Morgan fingerprint density at radius 3 is 2.60 bits per heavy atom. The van der Waals surface area contributed by atoms with Gasteiger partial charge < -0.3 is 10.2 Å². The van der Waals surface area contributed by atoms with Gasteiger partial charge in [-0.2, -0.15) is 0 Å². The van der Waals surface area contributed by atoms with E-state index >= 15 is 0 Å². The van der Waals surface area contributed by atoms with Gasteiger partial charge in [-0.25, -0.2) is 9.97 Å². The standard InChI is InChI=1S/C18H17BrClN5/c19-12-10-14-16(2-7-21-17(14)15(20)11-12)24-13-3-8-25(9-4-13)18-22-5-1-6-23-18/h1-2,5-7,10-11,13H,3-4,8-9H2,(H,21,24).